The summed E-state index contributed by atoms with van der Waals surface area (Å²) in [6.07, 6.45) is -1.89. The monoisotopic (exact) mass is 390 g/mol. The second-order valence-electron chi connectivity index (χ2n) is 7.56. The highest BCUT2D eigenvalue weighted by molar-refractivity contribution is 5.94. The predicted molar refractivity (Wildman–Crippen MR) is 103 cm³/mol. The number of piperidine rings is 1. The highest BCUT2D eigenvalue weighted by Gasteiger charge is 2.30. The zero-order chi connectivity index (χ0) is 20.1. The van der Waals surface area contributed by atoms with E-state index in [9.17, 15) is 18.0 Å². The first kappa shape index (κ1) is 20.4. The van der Waals surface area contributed by atoms with Crippen molar-refractivity contribution < 1.29 is 18.0 Å². The third kappa shape index (κ3) is 5.58. The average Bonchev–Trinajstić information content (AvgIpc) is 2.66. The Balaban J connectivity index is 1.55. The summed E-state index contributed by atoms with van der Waals surface area (Å²) in [4.78, 5) is 14.7. The quantitative estimate of drug-likeness (QED) is 0.790. The fourth-order valence-corrected chi connectivity index (χ4v) is 3.59. The first-order chi connectivity index (χ1) is 13.3. The molecule has 0 aromatic heterocycles. The van der Waals surface area contributed by atoms with Crippen molar-refractivity contribution in [3.05, 3.63) is 70.8 Å². The molecule has 0 aliphatic carbocycles. The molecule has 1 aliphatic heterocycles. The van der Waals surface area contributed by atoms with E-state index in [2.05, 4.69) is 17.1 Å². The number of carbonyl (C=O) groups excluding carboxylic acids is 1. The molecule has 1 saturated heterocycles. The summed E-state index contributed by atoms with van der Waals surface area (Å²) in [5.41, 5.74) is 1.36. The van der Waals surface area contributed by atoms with E-state index in [1.165, 1.54) is 18.9 Å². The molecule has 6 heteroatoms. The molecular formula is C22H25F3N2O. The van der Waals surface area contributed by atoms with Gasteiger partial charge in [0, 0.05) is 25.2 Å². The molecule has 1 N–H and O–H groups in total. The van der Waals surface area contributed by atoms with E-state index in [4.69, 9.17) is 0 Å². The van der Waals surface area contributed by atoms with E-state index >= 15 is 0 Å². The molecule has 1 amide bonds. The van der Waals surface area contributed by atoms with Gasteiger partial charge in [0.25, 0.3) is 5.91 Å². The standard InChI is InChI=1S/C22H25F3N2O/c1-16-4-3-11-27(14-16)15-17-7-9-19(10-8-17)21(28)26-13-18-5-2-6-20(12-18)22(23,24)25/h2,5-10,12,16H,3-4,11,13-15H2,1H3,(H,26,28)/t16-/m0/s1. The fraction of sp³-hybridized carbons (Fsp3) is 0.409. The van der Waals surface area contributed by atoms with E-state index in [0.29, 0.717) is 11.1 Å². The summed E-state index contributed by atoms with van der Waals surface area (Å²) >= 11 is 0. The van der Waals surface area contributed by atoms with Gasteiger partial charge in [-0.25, -0.2) is 0 Å². The molecule has 1 atom stereocenters. The lowest BCUT2D eigenvalue weighted by Crippen LogP contribution is -2.33. The third-order valence-electron chi connectivity index (χ3n) is 5.07. The van der Waals surface area contributed by atoms with Crippen LogP contribution in [0, 0.1) is 5.92 Å². The molecule has 2 aromatic carbocycles. The number of carbonyl (C=O) groups is 1. The van der Waals surface area contributed by atoms with Crippen molar-refractivity contribution in [2.24, 2.45) is 5.92 Å². The smallest absolute Gasteiger partial charge is 0.348 e. The van der Waals surface area contributed by atoms with Crippen LogP contribution in [0.1, 0.15) is 46.8 Å². The van der Waals surface area contributed by atoms with Crippen LogP contribution in [0.5, 0.6) is 0 Å². The minimum absolute atomic E-state index is 0.0518. The number of halogens is 3. The summed E-state index contributed by atoms with van der Waals surface area (Å²) < 4.78 is 38.3. The maximum absolute atomic E-state index is 12.8. The Kier molecular flexibility index (Phi) is 6.39. The summed E-state index contributed by atoms with van der Waals surface area (Å²) in [5, 5.41) is 2.68. The van der Waals surface area contributed by atoms with Crippen molar-refractivity contribution in [3.63, 3.8) is 0 Å². The second-order valence-corrected chi connectivity index (χ2v) is 7.56. The number of nitrogens with one attached hydrogen (secondary N) is 1. The van der Waals surface area contributed by atoms with Gasteiger partial charge in [0.2, 0.25) is 0 Å². The first-order valence-electron chi connectivity index (χ1n) is 9.57. The molecule has 1 fully saturated rings. The predicted octanol–water partition coefficient (Wildman–Crippen LogP) is 4.87. The van der Waals surface area contributed by atoms with Gasteiger partial charge in [-0.15, -0.1) is 0 Å². The van der Waals surface area contributed by atoms with Crippen molar-refractivity contribution in [1.29, 1.82) is 0 Å². The van der Waals surface area contributed by atoms with Gasteiger partial charge in [0.1, 0.15) is 0 Å². The molecular weight excluding hydrogens is 365 g/mol. The van der Waals surface area contributed by atoms with Gasteiger partial charge >= 0.3 is 6.18 Å². The molecule has 28 heavy (non-hydrogen) atoms. The molecule has 0 unspecified atom stereocenters. The highest BCUT2D eigenvalue weighted by atomic mass is 19.4. The summed E-state index contributed by atoms with van der Waals surface area (Å²) in [6, 6.07) is 12.4. The van der Waals surface area contributed by atoms with Gasteiger partial charge in [-0.1, -0.05) is 31.2 Å². The zero-order valence-electron chi connectivity index (χ0n) is 15.9. The summed E-state index contributed by atoms with van der Waals surface area (Å²) in [7, 11) is 0. The normalized spacial score (nSPS) is 18.1. The maximum atomic E-state index is 12.8. The second kappa shape index (κ2) is 8.78. The van der Waals surface area contributed by atoms with Gasteiger partial charge in [0.15, 0.2) is 0 Å². The zero-order valence-corrected chi connectivity index (χ0v) is 15.9. The molecule has 0 saturated carbocycles. The van der Waals surface area contributed by atoms with Crippen molar-refractivity contribution in [3.8, 4) is 0 Å². The number of alkyl halides is 3. The number of rotatable bonds is 5. The van der Waals surface area contributed by atoms with Gasteiger partial charge in [-0.2, -0.15) is 13.2 Å². The van der Waals surface area contributed by atoms with Crippen LogP contribution in [0.3, 0.4) is 0 Å². The van der Waals surface area contributed by atoms with Crippen molar-refractivity contribution >= 4 is 5.91 Å². The number of amides is 1. The average molecular weight is 390 g/mol. The molecule has 1 heterocycles. The minimum Gasteiger partial charge on any atom is -0.348 e. The minimum atomic E-state index is -4.39. The fourth-order valence-electron chi connectivity index (χ4n) is 3.59. The highest BCUT2D eigenvalue weighted by Crippen LogP contribution is 2.29. The van der Waals surface area contributed by atoms with Crippen LogP contribution in [0.2, 0.25) is 0 Å². The van der Waals surface area contributed by atoms with Crippen LogP contribution in [0.15, 0.2) is 48.5 Å². The van der Waals surface area contributed by atoms with E-state index in [-0.39, 0.29) is 12.5 Å². The van der Waals surface area contributed by atoms with E-state index in [1.54, 1.807) is 18.2 Å². The van der Waals surface area contributed by atoms with Gasteiger partial charge in [-0.3, -0.25) is 9.69 Å². The summed E-state index contributed by atoms with van der Waals surface area (Å²) in [5.74, 6) is 0.421. The molecule has 1 aliphatic rings. The lowest BCUT2D eigenvalue weighted by molar-refractivity contribution is -0.137. The molecule has 150 valence electrons. The van der Waals surface area contributed by atoms with Gasteiger partial charge in [0.05, 0.1) is 5.56 Å². The number of nitrogens with zero attached hydrogens (tertiary/aromatic N) is 1. The lowest BCUT2D eigenvalue weighted by atomic mass is 9.99. The maximum Gasteiger partial charge on any atom is 0.416 e. The Hall–Kier alpha value is -2.34. The number of hydrogen-bond acceptors (Lipinski definition) is 2. The largest absolute Gasteiger partial charge is 0.416 e. The van der Waals surface area contributed by atoms with Gasteiger partial charge in [-0.05, 0) is 60.7 Å². The first-order valence-corrected chi connectivity index (χ1v) is 9.57. The van der Waals surface area contributed by atoms with Crippen LogP contribution < -0.4 is 5.32 Å². The van der Waals surface area contributed by atoms with E-state index < -0.39 is 11.7 Å². The lowest BCUT2D eigenvalue weighted by Gasteiger charge is -2.30. The number of benzene rings is 2. The van der Waals surface area contributed by atoms with Crippen LogP contribution in [-0.4, -0.2) is 23.9 Å². The molecule has 3 rings (SSSR count). The third-order valence-corrected chi connectivity index (χ3v) is 5.07. The Morgan fingerprint density at radius 3 is 2.57 bits per heavy atom. The Morgan fingerprint density at radius 1 is 1.14 bits per heavy atom. The molecule has 0 bridgehead atoms. The van der Waals surface area contributed by atoms with E-state index in [0.717, 1.165) is 43.2 Å². The molecule has 0 spiro atoms. The van der Waals surface area contributed by atoms with Crippen molar-refractivity contribution in [2.75, 3.05) is 13.1 Å². The van der Waals surface area contributed by atoms with Crippen LogP contribution in [-0.2, 0) is 19.3 Å². The van der Waals surface area contributed by atoms with Crippen molar-refractivity contribution in [2.45, 2.75) is 39.0 Å². The Morgan fingerprint density at radius 2 is 1.89 bits per heavy atom. The van der Waals surface area contributed by atoms with Crippen LogP contribution in [0.25, 0.3) is 0 Å². The molecule has 0 radical (unpaired) electrons. The summed E-state index contributed by atoms with van der Waals surface area (Å²) in [6.45, 7) is 5.39. The number of hydrogen-bond donors (Lipinski definition) is 1. The topological polar surface area (TPSA) is 32.3 Å². The van der Waals surface area contributed by atoms with Crippen LogP contribution >= 0.6 is 0 Å². The number of likely N-dealkylation sites (tertiary alicyclic amines) is 1. The molecule has 3 nitrogen and oxygen atoms in total. The van der Waals surface area contributed by atoms with Crippen molar-refractivity contribution in [1.82, 2.24) is 10.2 Å². The van der Waals surface area contributed by atoms with Crippen LogP contribution in [0.4, 0.5) is 13.2 Å². The molecule has 2 aromatic rings. The Labute approximate surface area is 163 Å². The van der Waals surface area contributed by atoms with Gasteiger partial charge < -0.3 is 5.32 Å². The van der Waals surface area contributed by atoms with E-state index in [1.807, 2.05) is 12.1 Å². The Bertz CT molecular complexity index is 802. The SMILES string of the molecule is C[C@H]1CCCN(Cc2ccc(C(=O)NCc3cccc(C(F)(F)F)c3)cc2)C1.